The van der Waals surface area contributed by atoms with Crippen LogP contribution in [0.3, 0.4) is 0 Å². The number of piperidine rings is 1. The molecular formula is C18H29N3O3. The van der Waals surface area contributed by atoms with Crippen LogP contribution in [0.1, 0.15) is 38.4 Å². The second-order valence-electron chi connectivity index (χ2n) is 6.10. The van der Waals surface area contributed by atoms with E-state index < -0.39 is 0 Å². The van der Waals surface area contributed by atoms with Crippen molar-refractivity contribution in [1.29, 1.82) is 0 Å². The molecule has 0 aromatic carbocycles. The van der Waals surface area contributed by atoms with Crippen LogP contribution in [0.5, 0.6) is 0 Å². The van der Waals surface area contributed by atoms with Gasteiger partial charge in [0.2, 0.25) is 0 Å². The molecule has 0 bridgehead atoms. The molecule has 24 heavy (non-hydrogen) atoms. The Morgan fingerprint density at radius 2 is 2.25 bits per heavy atom. The molecule has 0 radical (unpaired) electrons. The molecule has 1 N–H and O–H groups in total. The summed E-state index contributed by atoms with van der Waals surface area (Å²) in [5, 5.41) is 3.44. The van der Waals surface area contributed by atoms with Crippen molar-refractivity contribution in [2.24, 2.45) is 10.9 Å². The summed E-state index contributed by atoms with van der Waals surface area (Å²) in [6.07, 6.45) is 6.38. The van der Waals surface area contributed by atoms with Crippen LogP contribution in [0.25, 0.3) is 0 Å². The van der Waals surface area contributed by atoms with Gasteiger partial charge in [-0.25, -0.2) is 0 Å². The third kappa shape index (κ3) is 5.58. The molecular weight excluding hydrogens is 306 g/mol. The van der Waals surface area contributed by atoms with E-state index in [0.29, 0.717) is 0 Å². The first-order chi connectivity index (χ1) is 11.7. The Morgan fingerprint density at radius 1 is 1.46 bits per heavy atom. The standard InChI is InChI=1S/C18H29N3O3/c1-3-4-10-19-18(20-11-7-16-6-5-14-24-16)21-12-8-15(9-13-21)17(22)23-2/h5-6,14-15H,3-4,7-13H2,1-2H3,(H,19,20). The lowest BCUT2D eigenvalue weighted by atomic mass is 9.97. The number of likely N-dealkylation sites (tertiary alicyclic amines) is 1. The van der Waals surface area contributed by atoms with Gasteiger partial charge in [0.1, 0.15) is 5.76 Å². The number of carbonyl (C=O) groups excluding carboxylic acids is 1. The summed E-state index contributed by atoms with van der Waals surface area (Å²) >= 11 is 0. The van der Waals surface area contributed by atoms with Crippen molar-refractivity contribution in [3.63, 3.8) is 0 Å². The number of carbonyl (C=O) groups is 1. The number of nitrogens with zero attached hydrogens (tertiary/aromatic N) is 2. The monoisotopic (exact) mass is 335 g/mol. The highest BCUT2D eigenvalue weighted by atomic mass is 16.5. The van der Waals surface area contributed by atoms with E-state index >= 15 is 0 Å². The van der Waals surface area contributed by atoms with Crippen molar-refractivity contribution < 1.29 is 13.9 Å². The van der Waals surface area contributed by atoms with Crippen LogP contribution in [0, 0.1) is 5.92 Å². The average molecular weight is 335 g/mol. The van der Waals surface area contributed by atoms with Crippen molar-refractivity contribution in [2.75, 3.05) is 33.3 Å². The molecule has 6 nitrogen and oxygen atoms in total. The van der Waals surface area contributed by atoms with Crippen LogP contribution in [-0.4, -0.2) is 50.1 Å². The summed E-state index contributed by atoms with van der Waals surface area (Å²) in [5.41, 5.74) is 0. The van der Waals surface area contributed by atoms with Crippen LogP contribution in [0.15, 0.2) is 27.8 Å². The summed E-state index contributed by atoms with van der Waals surface area (Å²) in [4.78, 5) is 18.6. The van der Waals surface area contributed by atoms with E-state index in [1.54, 1.807) is 6.26 Å². The molecule has 1 aromatic rings. The Balaban J connectivity index is 1.86. The molecule has 0 unspecified atom stereocenters. The zero-order chi connectivity index (χ0) is 17.2. The van der Waals surface area contributed by atoms with Gasteiger partial charge in [-0.3, -0.25) is 9.79 Å². The number of hydrogen-bond acceptors (Lipinski definition) is 4. The Hall–Kier alpha value is -1.98. The van der Waals surface area contributed by atoms with E-state index in [1.807, 2.05) is 12.1 Å². The molecule has 0 saturated carbocycles. The fourth-order valence-corrected chi connectivity index (χ4v) is 2.86. The fourth-order valence-electron chi connectivity index (χ4n) is 2.86. The van der Waals surface area contributed by atoms with Crippen molar-refractivity contribution >= 4 is 11.9 Å². The molecule has 6 heteroatoms. The number of unbranched alkanes of at least 4 members (excludes halogenated alkanes) is 1. The smallest absolute Gasteiger partial charge is 0.308 e. The fraction of sp³-hybridized carbons (Fsp3) is 0.667. The van der Waals surface area contributed by atoms with Gasteiger partial charge in [0.15, 0.2) is 5.96 Å². The SMILES string of the molecule is CCCCN=C(NCCc1ccco1)N1CCC(C(=O)OC)CC1. The molecule has 1 aromatic heterocycles. The van der Waals surface area contributed by atoms with Crippen molar-refractivity contribution in [3.8, 4) is 0 Å². The van der Waals surface area contributed by atoms with Gasteiger partial charge in [-0.15, -0.1) is 0 Å². The number of methoxy groups -OCH3 is 1. The zero-order valence-corrected chi connectivity index (χ0v) is 14.8. The molecule has 1 fully saturated rings. The number of ether oxygens (including phenoxy) is 1. The molecule has 1 aliphatic rings. The molecule has 1 aliphatic heterocycles. The van der Waals surface area contributed by atoms with E-state index in [4.69, 9.17) is 14.1 Å². The molecule has 134 valence electrons. The Labute approximate surface area is 144 Å². The summed E-state index contributed by atoms with van der Waals surface area (Å²) in [5.74, 6) is 1.84. The number of guanidine groups is 1. The molecule has 0 spiro atoms. The van der Waals surface area contributed by atoms with Gasteiger partial charge in [0, 0.05) is 32.6 Å². The minimum atomic E-state index is -0.0927. The Bertz CT molecular complexity index is 506. The van der Waals surface area contributed by atoms with Crippen molar-refractivity contribution in [2.45, 2.75) is 39.0 Å². The molecule has 2 heterocycles. The molecule has 0 atom stereocenters. The van der Waals surface area contributed by atoms with E-state index in [-0.39, 0.29) is 11.9 Å². The first kappa shape index (κ1) is 18.4. The maximum absolute atomic E-state index is 11.7. The van der Waals surface area contributed by atoms with Gasteiger partial charge in [-0.1, -0.05) is 13.3 Å². The lowest BCUT2D eigenvalue weighted by Gasteiger charge is -2.33. The Morgan fingerprint density at radius 3 is 2.88 bits per heavy atom. The minimum Gasteiger partial charge on any atom is -0.469 e. The van der Waals surface area contributed by atoms with E-state index in [1.165, 1.54) is 7.11 Å². The lowest BCUT2D eigenvalue weighted by Crippen LogP contribution is -2.47. The second-order valence-corrected chi connectivity index (χ2v) is 6.10. The number of esters is 1. The number of furan rings is 1. The largest absolute Gasteiger partial charge is 0.469 e. The molecule has 0 amide bonds. The maximum Gasteiger partial charge on any atom is 0.308 e. The number of nitrogens with one attached hydrogen (secondary N) is 1. The van der Waals surface area contributed by atoms with Crippen molar-refractivity contribution in [3.05, 3.63) is 24.2 Å². The van der Waals surface area contributed by atoms with Crippen LogP contribution in [0.4, 0.5) is 0 Å². The second kappa shape index (κ2) is 10.0. The van der Waals surface area contributed by atoms with Gasteiger partial charge in [-0.2, -0.15) is 0 Å². The predicted molar refractivity (Wildman–Crippen MR) is 93.9 cm³/mol. The van der Waals surface area contributed by atoms with Crippen LogP contribution < -0.4 is 5.32 Å². The van der Waals surface area contributed by atoms with Gasteiger partial charge in [-0.05, 0) is 31.4 Å². The van der Waals surface area contributed by atoms with Gasteiger partial charge in [0.25, 0.3) is 0 Å². The number of hydrogen-bond donors (Lipinski definition) is 1. The lowest BCUT2D eigenvalue weighted by molar-refractivity contribution is -0.146. The summed E-state index contributed by atoms with van der Waals surface area (Å²) < 4.78 is 10.2. The first-order valence-electron chi connectivity index (χ1n) is 8.88. The van der Waals surface area contributed by atoms with E-state index in [2.05, 4.69) is 17.1 Å². The minimum absolute atomic E-state index is 0.0197. The Kier molecular flexibility index (Phi) is 7.65. The third-order valence-electron chi connectivity index (χ3n) is 4.34. The van der Waals surface area contributed by atoms with E-state index in [9.17, 15) is 4.79 Å². The highest BCUT2D eigenvalue weighted by Gasteiger charge is 2.26. The highest BCUT2D eigenvalue weighted by molar-refractivity contribution is 5.80. The molecule has 1 saturated heterocycles. The predicted octanol–water partition coefficient (Wildman–Crippen LogP) is 2.45. The normalized spacial score (nSPS) is 16.2. The summed E-state index contributed by atoms with van der Waals surface area (Å²) in [6.45, 7) is 5.45. The highest BCUT2D eigenvalue weighted by Crippen LogP contribution is 2.18. The average Bonchev–Trinajstić information content (AvgIpc) is 3.13. The first-order valence-corrected chi connectivity index (χ1v) is 8.88. The van der Waals surface area contributed by atoms with Crippen LogP contribution >= 0.6 is 0 Å². The van der Waals surface area contributed by atoms with Crippen LogP contribution in [-0.2, 0) is 16.0 Å². The quantitative estimate of drug-likeness (QED) is 0.359. The maximum atomic E-state index is 11.7. The number of aliphatic imine (C=N–C) groups is 1. The topological polar surface area (TPSA) is 67.1 Å². The summed E-state index contributed by atoms with van der Waals surface area (Å²) in [6, 6.07) is 3.89. The van der Waals surface area contributed by atoms with Gasteiger partial charge >= 0.3 is 5.97 Å². The van der Waals surface area contributed by atoms with Crippen molar-refractivity contribution in [1.82, 2.24) is 10.2 Å². The van der Waals surface area contributed by atoms with E-state index in [0.717, 1.165) is 70.0 Å². The molecule has 2 rings (SSSR count). The zero-order valence-electron chi connectivity index (χ0n) is 14.8. The van der Waals surface area contributed by atoms with Crippen LogP contribution in [0.2, 0.25) is 0 Å². The number of rotatable bonds is 7. The summed E-state index contributed by atoms with van der Waals surface area (Å²) in [7, 11) is 1.46. The van der Waals surface area contributed by atoms with Gasteiger partial charge < -0.3 is 19.4 Å². The third-order valence-corrected chi connectivity index (χ3v) is 4.34. The molecule has 0 aliphatic carbocycles. The van der Waals surface area contributed by atoms with Gasteiger partial charge in [0.05, 0.1) is 19.3 Å².